The van der Waals surface area contributed by atoms with Crippen LogP contribution in [0.25, 0.3) is 43.8 Å². The van der Waals surface area contributed by atoms with E-state index in [0.29, 0.717) is 50.8 Å². The summed E-state index contributed by atoms with van der Waals surface area (Å²) in [6.07, 6.45) is 4.27. The molecule has 1 fully saturated rings. The molecule has 224 valence electrons. The molecule has 1 aliphatic heterocycles. The first-order valence-electron chi connectivity index (χ1n) is 14.3. The van der Waals surface area contributed by atoms with E-state index < -0.39 is 5.82 Å². The number of phenols is 1. The van der Waals surface area contributed by atoms with E-state index in [1.54, 1.807) is 42.3 Å². The van der Waals surface area contributed by atoms with Gasteiger partial charge in [0.1, 0.15) is 41.1 Å². The number of nitrogens with zero attached hydrogens (tertiary/aromatic N) is 4. The van der Waals surface area contributed by atoms with Gasteiger partial charge in [-0.25, -0.2) is 19.0 Å². The number of aromatic nitrogens is 4. The molecule has 11 heteroatoms. The van der Waals surface area contributed by atoms with Gasteiger partial charge in [0.05, 0.1) is 19.7 Å². The number of halogens is 1. The van der Waals surface area contributed by atoms with Crippen molar-refractivity contribution in [1.82, 2.24) is 19.7 Å². The summed E-state index contributed by atoms with van der Waals surface area (Å²) in [7, 11) is 3.12. The van der Waals surface area contributed by atoms with Crippen LogP contribution < -0.4 is 19.9 Å². The Hall–Kier alpha value is -5.16. The lowest BCUT2D eigenvalue weighted by Crippen LogP contribution is -2.18. The average molecular weight is 596 g/mol. The summed E-state index contributed by atoms with van der Waals surface area (Å²) >= 11 is 0. The zero-order valence-corrected chi connectivity index (χ0v) is 24.2. The van der Waals surface area contributed by atoms with Gasteiger partial charge >= 0.3 is 0 Å². The predicted octanol–water partition coefficient (Wildman–Crippen LogP) is 6.52. The molecule has 1 aliphatic rings. The highest BCUT2D eigenvalue weighted by Gasteiger charge is 2.25. The lowest BCUT2D eigenvalue weighted by Gasteiger charge is -2.22. The third kappa shape index (κ3) is 4.75. The largest absolute Gasteiger partial charge is 0.506 e. The minimum absolute atomic E-state index is 0.0783. The van der Waals surface area contributed by atoms with Gasteiger partial charge < -0.3 is 29.8 Å². The molecular formula is C33H30FN5O5. The van der Waals surface area contributed by atoms with Gasteiger partial charge in [0.2, 0.25) is 11.8 Å². The van der Waals surface area contributed by atoms with Crippen LogP contribution in [0, 0.1) is 5.82 Å². The number of nitrogen functional groups attached to an aromatic ring is 1. The molecule has 0 amide bonds. The van der Waals surface area contributed by atoms with E-state index in [4.69, 9.17) is 29.7 Å². The molecule has 1 saturated heterocycles. The molecule has 10 nitrogen and oxygen atoms in total. The van der Waals surface area contributed by atoms with Crippen molar-refractivity contribution in [3.05, 3.63) is 72.2 Å². The topological polar surface area (TPSA) is 127 Å². The molecule has 7 rings (SSSR count). The van der Waals surface area contributed by atoms with Gasteiger partial charge in [-0.1, -0.05) is 18.2 Å². The van der Waals surface area contributed by atoms with E-state index in [0.717, 1.165) is 30.6 Å². The molecule has 0 bridgehead atoms. The zero-order chi connectivity index (χ0) is 30.4. The van der Waals surface area contributed by atoms with Crippen LogP contribution in [0.3, 0.4) is 0 Å². The summed E-state index contributed by atoms with van der Waals surface area (Å²) in [5, 5.41) is 17.4. The Morgan fingerprint density at radius 2 is 1.80 bits per heavy atom. The van der Waals surface area contributed by atoms with E-state index in [2.05, 4.69) is 10.1 Å². The first-order chi connectivity index (χ1) is 21.4. The molecule has 4 heterocycles. The summed E-state index contributed by atoms with van der Waals surface area (Å²) in [5.41, 5.74) is 10.1. The first kappa shape index (κ1) is 27.7. The molecule has 3 N–H and O–H groups in total. The highest BCUT2D eigenvalue weighted by atomic mass is 19.1. The monoisotopic (exact) mass is 595 g/mol. The van der Waals surface area contributed by atoms with Crippen LogP contribution in [-0.4, -0.2) is 45.7 Å². The molecular weight excluding hydrogens is 565 g/mol. The van der Waals surface area contributed by atoms with Crippen molar-refractivity contribution in [2.45, 2.75) is 32.1 Å². The van der Waals surface area contributed by atoms with Crippen LogP contribution in [-0.2, 0) is 11.3 Å². The van der Waals surface area contributed by atoms with E-state index in [1.165, 1.54) is 13.2 Å². The molecule has 6 aromatic rings. The van der Waals surface area contributed by atoms with E-state index >= 15 is 4.39 Å². The fraction of sp³-hybridized carbons (Fsp3) is 0.242. The molecule has 0 spiro atoms. The van der Waals surface area contributed by atoms with Gasteiger partial charge in [0, 0.05) is 40.6 Å². The minimum Gasteiger partial charge on any atom is -0.506 e. The highest BCUT2D eigenvalue weighted by molar-refractivity contribution is 6.16. The SMILES string of the molecule is COc1ccc(COc2nc3c(cc(O)c4nc(OC)ccc43)c(-c3ccc(F)c4nn(C5CCCCO5)cc34)c2N)cc1. The lowest BCUT2D eigenvalue weighted by molar-refractivity contribution is -0.0391. The Labute approximate surface area is 251 Å². The van der Waals surface area contributed by atoms with Gasteiger partial charge in [0.15, 0.2) is 5.82 Å². The van der Waals surface area contributed by atoms with Crippen LogP contribution in [0.5, 0.6) is 23.3 Å². The smallest absolute Gasteiger partial charge is 0.238 e. The molecule has 44 heavy (non-hydrogen) atoms. The fourth-order valence-corrected chi connectivity index (χ4v) is 5.75. The zero-order valence-electron chi connectivity index (χ0n) is 24.2. The number of pyridine rings is 2. The minimum atomic E-state index is -0.462. The maximum absolute atomic E-state index is 15.2. The number of phenolic OH excluding ortho intramolecular Hbond substituents is 1. The Morgan fingerprint density at radius 3 is 2.55 bits per heavy atom. The van der Waals surface area contributed by atoms with Crippen molar-refractivity contribution in [3.8, 4) is 34.4 Å². The van der Waals surface area contributed by atoms with Crippen LogP contribution >= 0.6 is 0 Å². The second-order valence-corrected chi connectivity index (χ2v) is 10.7. The summed E-state index contributed by atoms with van der Waals surface area (Å²) in [6, 6.07) is 15.6. The number of aromatic hydroxyl groups is 1. The second-order valence-electron chi connectivity index (χ2n) is 10.7. The number of methoxy groups -OCH3 is 2. The van der Waals surface area contributed by atoms with Crippen molar-refractivity contribution >= 4 is 38.4 Å². The van der Waals surface area contributed by atoms with Crippen LogP contribution in [0.2, 0.25) is 0 Å². The number of fused-ring (bicyclic) bond motifs is 4. The highest BCUT2D eigenvalue weighted by Crippen LogP contribution is 2.45. The van der Waals surface area contributed by atoms with Crippen LogP contribution in [0.1, 0.15) is 31.1 Å². The van der Waals surface area contributed by atoms with Crippen molar-refractivity contribution in [2.24, 2.45) is 0 Å². The number of hydrogen-bond donors (Lipinski definition) is 2. The Balaban J connectivity index is 1.45. The molecule has 0 aliphatic carbocycles. The summed E-state index contributed by atoms with van der Waals surface area (Å²) in [6.45, 7) is 0.808. The van der Waals surface area contributed by atoms with Gasteiger partial charge in [-0.15, -0.1) is 0 Å². The maximum Gasteiger partial charge on any atom is 0.238 e. The fourth-order valence-electron chi connectivity index (χ4n) is 5.75. The van der Waals surface area contributed by atoms with Gasteiger partial charge in [0.25, 0.3) is 0 Å². The van der Waals surface area contributed by atoms with E-state index in [1.807, 2.05) is 24.3 Å². The summed E-state index contributed by atoms with van der Waals surface area (Å²) < 4.78 is 39.6. The molecule has 3 aromatic heterocycles. The number of ether oxygens (including phenoxy) is 4. The van der Waals surface area contributed by atoms with Crippen molar-refractivity contribution in [2.75, 3.05) is 26.6 Å². The molecule has 3 aromatic carbocycles. The summed E-state index contributed by atoms with van der Waals surface area (Å²) in [4.78, 5) is 9.28. The average Bonchev–Trinajstić information content (AvgIpc) is 3.52. The number of nitrogens with two attached hydrogens (primary N) is 1. The Kier molecular flexibility index (Phi) is 7.01. The normalized spacial score (nSPS) is 15.2. The van der Waals surface area contributed by atoms with Crippen LogP contribution in [0.15, 0.2) is 60.8 Å². The van der Waals surface area contributed by atoms with Crippen molar-refractivity contribution < 1.29 is 28.4 Å². The van der Waals surface area contributed by atoms with Crippen molar-refractivity contribution in [3.63, 3.8) is 0 Å². The maximum atomic E-state index is 15.2. The molecule has 1 unspecified atom stereocenters. The second kappa shape index (κ2) is 11.2. The number of rotatable bonds is 7. The molecule has 1 atom stereocenters. The standard InChI is InChI=1S/C33H30FN5O5/c1-41-19-8-6-18(7-9-19)17-44-33-29(35)28(22-15-25(40)32-21(30(22)37-33)11-13-26(36-32)42-2)20-10-12-24(34)31-23(20)16-39(38-31)27-5-3-4-14-43-27/h6-13,15-16,27,40H,3-5,14,17,35H2,1-2H3. The number of hydrogen-bond acceptors (Lipinski definition) is 9. The molecule has 0 saturated carbocycles. The third-order valence-corrected chi connectivity index (χ3v) is 7.99. The van der Waals surface area contributed by atoms with E-state index in [9.17, 15) is 5.11 Å². The molecule has 0 radical (unpaired) electrons. The van der Waals surface area contributed by atoms with Gasteiger partial charge in [-0.3, -0.25) is 0 Å². The Bertz CT molecular complexity index is 2020. The lowest BCUT2D eigenvalue weighted by atomic mass is 9.95. The third-order valence-electron chi connectivity index (χ3n) is 7.99. The van der Waals surface area contributed by atoms with Crippen molar-refractivity contribution in [1.29, 1.82) is 0 Å². The number of benzene rings is 3. The van der Waals surface area contributed by atoms with Crippen LogP contribution in [0.4, 0.5) is 10.1 Å². The van der Waals surface area contributed by atoms with Gasteiger partial charge in [-0.2, -0.15) is 5.10 Å². The Morgan fingerprint density at radius 1 is 0.955 bits per heavy atom. The van der Waals surface area contributed by atoms with E-state index in [-0.39, 0.29) is 35.7 Å². The quantitative estimate of drug-likeness (QED) is 0.198. The summed E-state index contributed by atoms with van der Waals surface area (Å²) in [5.74, 6) is 0.720. The predicted molar refractivity (Wildman–Crippen MR) is 165 cm³/mol. The van der Waals surface area contributed by atoms with Gasteiger partial charge in [-0.05, 0) is 60.7 Å². The first-order valence-corrected chi connectivity index (χ1v) is 14.3. The number of anilines is 1.